The number of imidazole rings is 1. The summed E-state index contributed by atoms with van der Waals surface area (Å²) in [6.07, 6.45) is 1.88. The summed E-state index contributed by atoms with van der Waals surface area (Å²) in [6, 6.07) is 23.2. The topological polar surface area (TPSA) is 95.7 Å². The summed E-state index contributed by atoms with van der Waals surface area (Å²) in [5.74, 6) is -1.69. The van der Waals surface area contributed by atoms with Gasteiger partial charge in [0.15, 0.2) is 0 Å². The van der Waals surface area contributed by atoms with Gasteiger partial charge in [0, 0.05) is 12.1 Å². The molecule has 188 valence electrons. The number of rotatable bonds is 6. The zero-order valence-electron chi connectivity index (χ0n) is 20.8. The highest BCUT2D eigenvalue weighted by atomic mass is 16.4. The van der Waals surface area contributed by atoms with Crippen LogP contribution in [0.2, 0.25) is 0 Å². The highest BCUT2D eigenvalue weighted by Gasteiger charge is 2.40. The van der Waals surface area contributed by atoms with Crippen molar-refractivity contribution in [2.24, 2.45) is 0 Å². The Labute approximate surface area is 215 Å². The van der Waals surface area contributed by atoms with E-state index in [0.29, 0.717) is 5.69 Å². The van der Waals surface area contributed by atoms with E-state index in [1.165, 1.54) is 4.90 Å². The number of benzene rings is 3. The number of hydrogen-bond acceptors (Lipinski definition) is 4. The molecule has 2 atom stereocenters. The molecular weight excluding hydrogens is 466 g/mol. The Morgan fingerprint density at radius 3 is 2.14 bits per heavy atom. The number of fused-ring (bicyclic) bond motifs is 1. The molecule has 0 aliphatic carbocycles. The molecule has 0 spiro atoms. The maximum Gasteiger partial charge on any atom is 0.326 e. The fraction of sp³-hybridized carbons (Fsp3) is 0.233. The van der Waals surface area contributed by atoms with Crippen LogP contribution in [0.4, 0.5) is 0 Å². The van der Waals surface area contributed by atoms with E-state index < -0.39 is 17.9 Å². The molecule has 5 rings (SSSR count). The fourth-order valence-corrected chi connectivity index (χ4v) is 5.16. The van der Waals surface area contributed by atoms with Gasteiger partial charge in [0.2, 0.25) is 5.91 Å². The number of carboxylic acids is 1. The van der Waals surface area contributed by atoms with Crippen LogP contribution in [-0.2, 0) is 22.6 Å². The van der Waals surface area contributed by atoms with Crippen LogP contribution in [0, 0.1) is 6.92 Å². The molecule has 0 saturated carbocycles. The van der Waals surface area contributed by atoms with E-state index in [0.717, 1.165) is 27.9 Å². The molecule has 4 aromatic rings. The minimum absolute atomic E-state index is 0.117. The van der Waals surface area contributed by atoms with E-state index >= 15 is 0 Å². The Bertz CT molecular complexity index is 1390. The van der Waals surface area contributed by atoms with E-state index in [2.05, 4.69) is 4.98 Å². The van der Waals surface area contributed by atoms with Gasteiger partial charge in [-0.15, -0.1) is 0 Å². The predicted molar refractivity (Wildman–Crippen MR) is 139 cm³/mol. The predicted octanol–water partition coefficient (Wildman–Crippen LogP) is 4.68. The summed E-state index contributed by atoms with van der Waals surface area (Å²) in [5, 5.41) is 20.1. The molecule has 1 aliphatic heterocycles. The second-order valence-electron chi connectivity index (χ2n) is 9.55. The molecule has 2 N–H and O–H groups in total. The molecule has 2 unspecified atom stereocenters. The van der Waals surface area contributed by atoms with Gasteiger partial charge >= 0.3 is 5.97 Å². The number of aliphatic carboxylic acids is 1. The van der Waals surface area contributed by atoms with Crippen molar-refractivity contribution in [3.05, 3.63) is 119 Å². The van der Waals surface area contributed by atoms with Crippen molar-refractivity contribution in [3.63, 3.8) is 0 Å². The van der Waals surface area contributed by atoms with Gasteiger partial charge in [-0.05, 0) is 42.2 Å². The number of carbonyl (C=O) groups excluding carboxylic acids is 1. The lowest BCUT2D eigenvalue weighted by Gasteiger charge is -2.36. The molecule has 0 radical (unpaired) electrons. The first-order valence-corrected chi connectivity index (χ1v) is 12.3. The van der Waals surface area contributed by atoms with Crippen LogP contribution in [0.15, 0.2) is 85.2 Å². The summed E-state index contributed by atoms with van der Waals surface area (Å²) >= 11 is 0. The van der Waals surface area contributed by atoms with Crippen LogP contribution in [0.3, 0.4) is 0 Å². The normalized spacial score (nSPS) is 15.9. The fourth-order valence-electron chi connectivity index (χ4n) is 5.16. The summed E-state index contributed by atoms with van der Waals surface area (Å²) < 4.78 is 1.98. The second-order valence-corrected chi connectivity index (χ2v) is 9.55. The number of aryl methyl sites for hydroxylation is 1. The van der Waals surface area contributed by atoms with Crippen LogP contribution in [0.1, 0.15) is 52.5 Å². The number of aromatic hydroxyl groups is 1. The molecule has 2 heterocycles. The molecule has 1 aromatic heterocycles. The van der Waals surface area contributed by atoms with Gasteiger partial charge in [-0.25, -0.2) is 9.78 Å². The molecule has 0 bridgehead atoms. The van der Waals surface area contributed by atoms with Crippen LogP contribution < -0.4 is 0 Å². The molecule has 1 aliphatic rings. The van der Waals surface area contributed by atoms with Crippen molar-refractivity contribution in [2.75, 3.05) is 0 Å². The SMILES string of the molecule is Cc1cc(C(C)n2cnc3c2CC(C(=O)O)N(C(=O)C(c2ccccc2)c2ccccc2)C3)ccc1O. The van der Waals surface area contributed by atoms with E-state index in [1.807, 2.05) is 91.2 Å². The quantitative estimate of drug-likeness (QED) is 0.405. The Morgan fingerprint density at radius 2 is 1.57 bits per heavy atom. The van der Waals surface area contributed by atoms with E-state index in [1.54, 1.807) is 12.4 Å². The van der Waals surface area contributed by atoms with Crippen molar-refractivity contribution >= 4 is 11.9 Å². The largest absolute Gasteiger partial charge is 0.508 e. The number of hydrogen-bond donors (Lipinski definition) is 2. The third-order valence-corrected chi connectivity index (χ3v) is 7.27. The van der Waals surface area contributed by atoms with Crippen LogP contribution in [0.25, 0.3) is 0 Å². The zero-order chi connectivity index (χ0) is 26.1. The molecule has 1 amide bonds. The zero-order valence-corrected chi connectivity index (χ0v) is 20.8. The van der Waals surface area contributed by atoms with Gasteiger partial charge in [-0.1, -0.05) is 72.8 Å². The Morgan fingerprint density at radius 1 is 0.946 bits per heavy atom. The Hall–Kier alpha value is -4.39. The van der Waals surface area contributed by atoms with E-state index in [4.69, 9.17) is 0 Å². The monoisotopic (exact) mass is 495 g/mol. The smallest absolute Gasteiger partial charge is 0.326 e. The van der Waals surface area contributed by atoms with Gasteiger partial charge in [0.05, 0.1) is 30.5 Å². The number of nitrogens with zero attached hydrogens (tertiary/aromatic N) is 3. The van der Waals surface area contributed by atoms with Gasteiger partial charge < -0.3 is 19.7 Å². The van der Waals surface area contributed by atoms with Crippen LogP contribution in [-0.4, -0.2) is 42.6 Å². The Kier molecular flexibility index (Phi) is 6.53. The molecule has 7 nitrogen and oxygen atoms in total. The number of carbonyl (C=O) groups is 2. The first-order chi connectivity index (χ1) is 17.8. The highest BCUT2D eigenvalue weighted by Crippen LogP contribution is 2.33. The number of carboxylic acid groups (broad SMARTS) is 1. The lowest BCUT2D eigenvalue weighted by molar-refractivity contribution is -0.151. The Balaban J connectivity index is 1.51. The van der Waals surface area contributed by atoms with Crippen LogP contribution >= 0.6 is 0 Å². The summed E-state index contributed by atoms with van der Waals surface area (Å²) in [5.41, 5.74) is 4.89. The molecule has 3 aromatic carbocycles. The molecule has 7 heteroatoms. The maximum atomic E-state index is 14.1. The van der Waals surface area contributed by atoms with E-state index in [9.17, 15) is 19.8 Å². The van der Waals surface area contributed by atoms with E-state index in [-0.39, 0.29) is 30.7 Å². The van der Waals surface area contributed by atoms with Gasteiger partial charge in [-0.2, -0.15) is 0 Å². The lowest BCUT2D eigenvalue weighted by atomic mass is 9.88. The standard InChI is InChI=1S/C30H29N3O4/c1-19-15-23(13-14-27(19)34)20(2)33-18-31-24-17-32(26(30(36)37)16-25(24)33)29(35)28(21-9-5-3-6-10-21)22-11-7-4-8-12-22/h3-15,18,20,26,28,34H,16-17H2,1-2H3,(H,36,37). The first kappa shape index (κ1) is 24.3. The third-order valence-electron chi connectivity index (χ3n) is 7.27. The van der Waals surface area contributed by atoms with Gasteiger partial charge in [0.25, 0.3) is 0 Å². The maximum absolute atomic E-state index is 14.1. The minimum atomic E-state index is -1.04. The number of aromatic nitrogens is 2. The van der Waals surface area contributed by atoms with Crippen LogP contribution in [0.5, 0.6) is 5.75 Å². The molecule has 0 fully saturated rings. The number of phenols is 1. The average Bonchev–Trinajstić information content (AvgIpc) is 3.33. The number of phenolic OH excluding ortho intramolecular Hbond substituents is 1. The molecule has 37 heavy (non-hydrogen) atoms. The van der Waals surface area contributed by atoms with Gasteiger partial charge in [-0.3, -0.25) is 4.79 Å². The first-order valence-electron chi connectivity index (χ1n) is 12.3. The van der Waals surface area contributed by atoms with Gasteiger partial charge in [0.1, 0.15) is 11.8 Å². The summed E-state index contributed by atoms with van der Waals surface area (Å²) in [6.45, 7) is 3.98. The van der Waals surface area contributed by atoms with Crippen molar-refractivity contribution in [1.29, 1.82) is 0 Å². The summed E-state index contributed by atoms with van der Waals surface area (Å²) in [4.78, 5) is 32.6. The van der Waals surface area contributed by atoms with Crippen molar-refractivity contribution in [3.8, 4) is 5.75 Å². The number of amides is 1. The highest BCUT2D eigenvalue weighted by molar-refractivity contribution is 5.91. The average molecular weight is 496 g/mol. The second kappa shape index (κ2) is 9.93. The summed E-state index contributed by atoms with van der Waals surface area (Å²) in [7, 11) is 0. The molecular formula is C30H29N3O4. The van der Waals surface area contributed by atoms with Crippen molar-refractivity contribution < 1.29 is 19.8 Å². The molecule has 0 saturated heterocycles. The lowest BCUT2D eigenvalue weighted by Crippen LogP contribution is -2.50. The third kappa shape index (κ3) is 4.60. The minimum Gasteiger partial charge on any atom is -0.508 e. The van der Waals surface area contributed by atoms with Crippen molar-refractivity contribution in [1.82, 2.24) is 14.5 Å². The van der Waals surface area contributed by atoms with Crippen molar-refractivity contribution in [2.45, 2.75) is 44.8 Å².